The molecule has 0 radical (unpaired) electrons. The Morgan fingerprint density at radius 3 is 2.52 bits per heavy atom. The topological polar surface area (TPSA) is 33.1 Å². The van der Waals surface area contributed by atoms with E-state index in [4.69, 9.17) is 12.2 Å². The first-order chi connectivity index (χ1) is 14.2. The number of nitrogens with one attached hydrogen (secondary N) is 1. The van der Waals surface area contributed by atoms with Crippen LogP contribution in [0.2, 0.25) is 0 Å². The van der Waals surface area contributed by atoms with Gasteiger partial charge in [-0.1, -0.05) is 36.6 Å². The maximum Gasteiger partial charge on any atom is 0.170 e. The van der Waals surface area contributed by atoms with E-state index in [0.717, 1.165) is 10.8 Å². The third kappa shape index (κ3) is 3.33. The van der Waals surface area contributed by atoms with Crippen LogP contribution in [0.4, 0.5) is 0 Å². The van der Waals surface area contributed by atoms with Gasteiger partial charge in [0.15, 0.2) is 5.11 Å². The fourth-order valence-corrected chi connectivity index (χ4v) is 5.22. The number of thiocarbonyl (C=S) groups is 1. The van der Waals surface area contributed by atoms with Crippen LogP contribution >= 0.6 is 12.2 Å². The lowest BCUT2D eigenvalue weighted by Gasteiger charge is -2.33. The van der Waals surface area contributed by atoms with Crippen molar-refractivity contribution in [3.05, 3.63) is 83.9 Å². The number of aryl methyl sites for hydroxylation is 1. The number of hydrogen-bond acceptors (Lipinski definition) is 2. The Kier molecular flexibility index (Phi) is 4.84. The summed E-state index contributed by atoms with van der Waals surface area (Å²) in [5, 5.41) is 4.46. The van der Waals surface area contributed by atoms with Gasteiger partial charge in [0.2, 0.25) is 0 Å². The molecular weight excluding hydrogens is 376 g/mol. The third-order valence-corrected chi connectivity index (χ3v) is 6.58. The third-order valence-electron chi connectivity index (χ3n) is 6.25. The van der Waals surface area contributed by atoms with E-state index in [2.05, 4.69) is 81.4 Å². The van der Waals surface area contributed by atoms with Gasteiger partial charge < -0.3 is 14.8 Å². The summed E-state index contributed by atoms with van der Waals surface area (Å²) in [6.45, 7) is 2.12. The summed E-state index contributed by atoms with van der Waals surface area (Å²) in [5.41, 5.74) is 4.74. The first-order valence-corrected chi connectivity index (χ1v) is 10.9. The number of nitrogens with zero attached hydrogens (tertiary/aromatic N) is 3. The molecule has 1 aromatic carbocycles. The SMILES string of the molecule is Cc1ccc(-n2cccc2C2C(c3ccccn3)NC(=S)N2C2CCCC2)cc1. The highest BCUT2D eigenvalue weighted by Crippen LogP contribution is 2.43. The van der Waals surface area contributed by atoms with E-state index in [1.807, 2.05) is 12.3 Å². The predicted molar refractivity (Wildman–Crippen MR) is 120 cm³/mol. The summed E-state index contributed by atoms with van der Waals surface area (Å²) in [6, 6.07) is 19.9. The quantitative estimate of drug-likeness (QED) is 0.616. The highest BCUT2D eigenvalue weighted by molar-refractivity contribution is 7.80. The van der Waals surface area contributed by atoms with Gasteiger partial charge in [0, 0.05) is 29.8 Å². The Morgan fingerprint density at radius 1 is 1.00 bits per heavy atom. The second kappa shape index (κ2) is 7.64. The van der Waals surface area contributed by atoms with Crippen molar-refractivity contribution in [2.24, 2.45) is 0 Å². The van der Waals surface area contributed by atoms with Crippen molar-refractivity contribution in [3.63, 3.8) is 0 Å². The lowest BCUT2D eigenvalue weighted by Crippen LogP contribution is -2.38. The zero-order chi connectivity index (χ0) is 19.8. The van der Waals surface area contributed by atoms with E-state index in [-0.39, 0.29) is 12.1 Å². The molecule has 2 aromatic heterocycles. The Bertz CT molecular complexity index is 989. The van der Waals surface area contributed by atoms with Crippen LogP contribution in [0.1, 0.15) is 54.7 Å². The minimum Gasteiger partial charge on any atom is -0.352 e. The minimum atomic E-state index is 0.0448. The molecule has 1 aliphatic heterocycles. The lowest BCUT2D eigenvalue weighted by atomic mass is 9.99. The van der Waals surface area contributed by atoms with Crippen LogP contribution in [0.3, 0.4) is 0 Å². The molecule has 2 aliphatic rings. The van der Waals surface area contributed by atoms with Crippen LogP contribution in [0.25, 0.3) is 5.69 Å². The van der Waals surface area contributed by atoms with Gasteiger partial charge in [-0.2, -0.15) is 0 Å². The first-order valence-electron chi connectivity index (χ1n) is 10.5. The van der Waals surface area contributed by atoms with Crippen molar-refractivity contribution in [2.45, 2.75) is 50.7 Å². The molecule has 0 amide bonds. The van der Waals surface area contributed by atoms with Crippen molar-refractivity contribution in [1.29, 1.82) is 0 Å². The second-order valence-electron chi connectivity index (χ2n) is 8.11. The van der Waals surface area contributed by atoms with Crippen molar-refractivity contribution in [1.82, 2.24) is 19.8 Å². The summed E-state index contributed by atoms with van der Waals surface area (Å²) in [5.74, 6) is 0. The average molecular weight is 403 g/mol. The van der Waals surface area contributed by atoms with Gasteiger partial charge >= 0.3 is 0 Å². The summed E-state index contributed by atoms with van der Waals surface area (Å²) >= 11 is 5.86. The zero-order valence-electron chi connectivity index (χ0n) is 16.7. The molecule has 4 nitrogen and oxygen atoms in total. The molecule has 0 bridgehead atoms. The standard InChI is InChI=1S/C24H26N4S/c1-17-11-13-18(14-12-17)27-16-6-10-21(27)23-22(20-9-4-5-15-25-20)26-24(29)28(23)19-7-2-3-8-19/h4-6,9-16,19,22-23H,2-3,7-8H2,1H3,(H,26,29). The van der Waals surface area contributed by atoms with Crippen LogP contribution in [0.15, 0.2) is 67.0 Å². The van der Waals surface area contributed by atoms with Crippen LogP contribution in [0.5, 0.6) is 0 Å². The summed E-state index contributed by atoms with van der Waals surface area (Å²) < 4.78 is 2.30. The average Bonchev–Trinajstić information content (AvgIpc) is 3.48. The van der Waals surface area contributed by atoms with Gasteiger partial charge in [-0.3, -0.25) is 4.98 Å². The van der Waals surface area contributed by atoms with Crippen molar-refractivity contribution >= 4 is 17.3 Å². The monoisotopic (exact) mass is 402 g/mol. The van der Waals surface area contributed by atoms with Gasteiger partial charge in [-0.05, 0) is 68.4 Å². The predicted octanol–water partition coefficient (Wildman–Crippen LogP) is 5.10. The van der Waals surface area contributed by atoms with Crippen LogP contribution < -0.4 is 5.32 Å². The number of rotatable bonds is 4. The highest BCUT2D eigenvalue weighted by atomic mass is 32.1. The van der Waals surface area contributed by atoms with Crippen molar-refractivity contribution < 1.29 is 0 Å². The molecule has 1 saturated carbocycles. The maximum atomic E-state index is 5.86. The molecule has 1 saturated heterocycles. The Balaban J connectivity index is 1.61. The molecular formula is C24H26N4S. The number of aromatic nitrogens is 2. The molecule has 1 N–H and O–H groups in total. The van der Waals surface area contributed by atoms with E-state index in [0.29, 0.717) is 6.04 Å². The minimum absolute atomic E-state index is 0.0448. The van der Waals surface area contributed by atoms with Gasteiger partial charge in [0.25, 0.3) is 0 Å². The van der Waals surface area contributed by atoms with Gasteiger partial charge in [0.1, 0.15) is 0 Å². The molecule has 3 heterocycles. The van der Waals surface area contributed by atoms with Crippen molar-refractivity contribution in [3.8, 4) is 5.69 Å². The molecule has 5 heteroatoms. The highest BCUT2D eigenvalue weighted by Gasteiger charge is 2.44. The smallest absolute Gasteiger partial charge is 0.170 e. The molecule has 3 aromatic rings. The molecule has 2 fully saturated rings. The molecule has 0 spiro atoms. The Morgan fingerprint density at radius 2 is 1.79 bits per heavy atom. The van der Waals surface area contributed by atoms with Crippen LogP contribution in [-0.2, 0) is 0 Å². The van der Waals surface area contributed by atoms with E-state index in [1.54, 1.807) is 0 Å². The fraction of sp³-hybridized carbons (Fsp3) is 0.333. The second-order valence-corrected chi connectivity index (χ2v) is 8.50. The fourth-order valence-electron chi connectivity index (χ4n) is 4.83. The van der Waals surface area contributed by atoms with E-state index in [9.17, 15) is 0 Å². The van der Waals surface area contributed by atoms with Crippen LogP contribution in [0, 0.1) is 6.92 Å². The largest absolute Gasteiger partial charge is 0.352 e. The maximum absolute atomic E-state index is 5.86. The van der Waals surface area contributed by atoms with E-state index < -0.39 is 0 Å². The summed E-state index contributed by atoms with van der Waals surface area (Å²) in [4.78, 5) is 7.13. The summed E-state index contributed by atoms with van der Waals surface area (Å²) in [7, 11) is 0. The normalized spacial score (nSPS) is 22.2. The molecule has 148 valence electrons. The molecule has 5 rings (SSSR count). The van der Waals surface area contributed by atoms with E-state index in [1.165, 1.54) is 42.6 Å². The van der Waals surface area contributed by atoms with Gasteiger partial charge in [0.05, 0.1) is 17.8 Å². The summed E-state index contributed by atoms with van der Waals surface area (Å²) in [6.07, 6.45) is 9.00. The molecule has 1 aliphatic carbocycles. The number of benzene rings is 1. The first kappa shape index (κ1) is 18.4. The Labute approximate surface area is 177 Å². The van der Waals surface area contributed by atoms with Crippen molar-refractivity contribution in [2.75, 3.05) is 0 Å². The zero-order valence-corrected chi connectivity index (χ0v) is 17.5. The van der Waals surface area contributed by atoms with Gasteiger partial charge in [-0.25, -0.2) is 0 Å². The molecule has 2 unspecified atom stereocenters. The molecule has 29 heavy (non-hydrogen) atoms. The molecule has 2 atom stereocenters. The van der Waals surface area contributed by atoms with Crippen LogP contribution in [-0.4, -0.2) is 25.6 Å². The van der Waals surface area contributed by atoms with Gasteiger partial charge in [-0.15, -0.1) is 0 Å². The number of hydrogen-bond donors (Lipinski definition) is 1. The number of pyridine rings is 1. The lowest BCUT2D eigenvalue weighted by molar-refractivity contribution is 0.239. The Hall–Kier alpha value is -2.66. The van der Waals surface area contributed by atoms with E-state index >= 15 is 0 Å².